The first kappa shape index (κ1) is 20.7. The van der Waals surface area contributed by atoms with Gasteiger partial charge in [0.05, 0.1) is 0 Å². The summed E-state index contributed by atoms with van der Waals surface area (Å²) in [5.74, 6) is 2.02. The summed E-state index contributed by atoms with van der Waals surface area (Å²) in [6.07, 6.45) is 0.215. The summed E-state index contributed by atoms with van der Waals surface area (Å²) in [5.41, 5.74) is 2.51. The number of nitrogens with one attached hydrogen (secondary N) is 2. The quantitative estimate of drug-likeness (QED) is 0.721. The lowest BCUT2D eigenvalue weighted by molar-refractivity contribution is -0.116. The maximum Gasteiger partial charge on any atom is 0.251 e. The molecule has 0 aromatic heterocycles. The Morgan fingerprint density at radius 1 is 1.07 bits per heavy atom. The van der Waals surface area contributed by atoms with Crippen molar-refractivity contribution >= 4 is 40.9 Å². The fourth-order valence-corrected chi connectivity index (χ4v) is 4.09. The summed E-state index contributed by atoms with van der Waals surface area (Å²) in [6.45, 7) is 3.39. The zero-order valence-corrected chi connectivity index (χ0v) is 17.2. The van der Waals surface area contributed by atoms with Gasteiger partial charge in [-0.15, -0.1) is 0 Å². The molecular weight excluding hydrogens is 394 g/mol. The number of benzene rings is 2. The van der Waals surface area contributed by atoms with Crippen LogP contribution in [-0.2, 0) is 11.3 Å². The molecule has 0 atom stereocenters. The van der Waals surface area contributed by atoms with E-state index in [0.717, 1.165) is 25.3 Å². The Balaban J connectivity index is 1.43. The number of amides is 2. The van der Waals surface area contributed by atoms with Crippen molar-refractivity contribution in [3.8, 4) is 0 Å². The van der Waals surface area contributed by atoms with Crippen LogP contribution in [0.5, 0.6) is 0 Å². The summed E-state index contributed by atoms with van der Waals surface area (Å²) >= 11 is 7.81. The molecule has 5 nitrogen and oxygen atoms in total. The van der Waals surface area contributed by atoms with E-state index >= 15 is 0 Å². The highest BCUT2D eigenvalue weighted by Gasteiger charge is 2.11. The standard InChI is InChI=1S/C21H24ClN3O2S/c22-18-6-4-17(5-7-18)21(27)23-9-8-20(26)24-19-3-1-2-16(14-19)15-25-10-12-28-13-11-25/h1-7,14H,8-13,15H2,(H,23,27)(H,24,26). The van der Waals surface area contributed by atoms with E-state index in [1.165, 1.54) is 17.1 Å². The summed E-state index contributed by atoms with van der Waals surface area (Å²) in [6, 6.07) is 14.6. The van der Waals surface area contributed by atoms with Crippen LogP contribution >= 0.6 is 23.4 Å². The van der Waals surface area contributed by atoms with Gasteiger partial charge in [-0.1, -0.05) is 23.7 Å². The lowest BCUT2D eigenvalue weighted by Crippen LogP contribution is -2.32. The largest absolute Gasteiger partial charge is 0.352 e. The van der Waals surface area contributed by atoms with Gasteiger partial charge in [0, 0.05) is 60.4 Å². The van der Waals surface area contributed by atoms with Gasteiger partial charge >= 0.3 is 0 Å². The minimum Gasteiger partial charge on any atom is -0.352 e. The second-order valence-electron chi connectivity index (χ2n) is 6.65. The molecule has 1 fully saturated rings. The molecule has 0 spiro atoms. The first-order chi connectivity index (χ1) is 13.6. The number of carbonyl (C=O) groups excluding carboxylic acids is 2. The van der Waals surface area contributed by atoms with E-state index in [1.54, 1.807) is 24.3 Å². The van der Waals surface area contributed by atoms with Crippen LogP contribution in [0.2, 0.25) is 5.02 Å². The van der Waals surface area contributed by atoms with Gasteiger partial charge in [-0.2, -0.15) is 11.8 Å². The Kier molecular flexibility index (Phi) is 7.77. The van der Waals surface area contributed by atoms with Crippen molar-refractivity contribution in [3.63, 3.8) is 0 Å². The smallest absolute Gasteiger partial charge is 0.251 e. The Bertz CT molecular complexity index is 808. The van der Waals surface area contributed by atoms with Crippen LogP contribution in [0, 0.1) is 0 Å². The maximum absolute atomic E-state index is 12.2. The summed E-state index contributed by atoms with van der Waals surface area (Å²) < 4.78 is 0. The molecule has 0 unspecified atom stereocenters. The van der Waals surface area contributed by atoms with E-state index < -0.39 is 0 Å². The molecule has 148 valence electrons. The molecule has 1 heterocycles. The van der Waals surface area contributed by atoms with E-state index in [2.05, 4.69) is 21.6 Å². The van der Waals surface area contributed by atoms with E-state index in [4.69, 9.17) is 11.6 Å². The molecule has 2 amide bonds. The van der Waals surface area contributed by atoms with Crippen LogP contribution < -0.4 is 10.6 Å². The van der Waals surface area contributed by atoms with E-state index in [0.29, 0.717) is 10.6 Å². The average Bonchev–Trinajstić information content (AvgIpc) is 2.69. The number of nitrogens with zero attached hydrogens (tertiary/aromatic N) is 1. The van der Waals surface area contributed by atoms with Gasteiger partial charge in [0.25, 0.3) is 5.91 Å². The van der Waals surface area contributed by atoms with Crippen LogP contribution in [-0.4, -0.2) is 47.9 Å². The fraction of sp³-hybridized carbons (Fsp3) is 0.333. The van der Waals surface area contributed by atoms with Crippen LogP contribution in [0.25, 0.3) is 0 Å². The molecule has 28 heavy (non-hydrogen) atoms. The zero-order valence-electron chi connectivity index (χ0n) is 15.6. The molecule has 1 saturated heterocycles. The third-order valence-corrected chi connectivity index (χ3v) is 5.66. The molecule has 0 bridgehead atoms. The molecule has 0 radical (unpaired) electrons. The number of rotatable bonds is 7. The molecule has 2 aromatic carbocycles. The minimum absolute atomic E-state index is 0.122. The number of hydrogen-bond acceptors (Lipinski definition) is 4. The highest BCUT2D eigenvalue weighted by Crippen LogP contribution is 2.16. The normalized spacial score (nSPS) is 14.5. The van der Waals surface area contributed by atoms with Gasteiger partial charge in [0.15, 0.2) is 0 Å². The van der Waals surface area contributed by atoms with Gasteiger partial charge in [-0.3, -0.25) is 14.5 Å². The molecule has 2 aromatic rings. The highest BCUT2D eigenvalue weighted by atomic mass is 35.5. The third kappa shape index (κ3) is 6.55. The summed E-state index contributed by atoms with van der Waals surface area (Å²) in [7, 11) is 0. The Morgan fingerprint density at radius 2 is 1.82 bits per heavy atom. The Morgan fingerprint density at radius 3 is 2.57 bits per heavy atom. The predicted molar refractivity (Wildman–Crippen MR) is 116 cm³/mol. The highest BCUT2D eigenvalue weighted by molar-refractivity contribution is 7.99. The number of hydrogen-bond donors (Lipinski definition) is 2. The maximum atomic E-state index is 12.2. The average molecular weight is 418 g/mol. The molecule has 1 aliphatic rings. The molecule has 1 aliphatic heterocycles. The van der Waals surface area contributed by atoms with Crippen LogP contribution in [0.4, 0.5) is 5.69 Å². The van der Waals surface area contributed by atoms with Crippen LogP contribution in [0.3, 0.4) is 0 Å². The summed E-state index contributed by atoms with van der Waals surface area (Å²) in [4.78, 5) is 26.7. The van der Waals surface area contributed by atoms with E-state index in [-0.39, 0.29) is 24.8 Å². The molecule has 2 N–H and O–H groups in total. The number of carbonyl (C=O) groups is 2. The number of anilines is 1. The van der Waals surface area contributed by atoms with Crippen molar-refractivity contribution in [3.05, 3.63) is 64.7 Å². The van der Waals surface area contributed by atoms with Gasteiger partial charge in [0.2, 0.25) is 5.91 Å². The molecule has 3 rings (SSSR count). The minimum atomic E-state index is -0.217. The van der Waals surface area contributed by atoms with Crippen molar-refractivity contribution < 1.29 is 9.59 Å². The Hall–Kier alpha value is -2.02. The molecule has 0 saturated carbocycles. The monoisotopic (exact) mass is 417 g/mol. The number of thioether (sulfide) groups is 1. The predicted octanol–water partition coefficient (Wildman–Crippen LogP) is 3.65. The van der Waals surface area contributed by atoms with Crippen LogP contribution in [0.1, 0.15) is 22.3 Å². The lowest BCUT2D eigenvalue weighted by atomic mass is 10.2. The van der Waals surface area contributed by atoms with Crippen LogP contribution in [0.15, 0.2) is 48.5 Å². The van der Waals surface area contributed by atoms with E-state index in [1.807, 2.05) is 30.0 Å². The third-order valence-electron chi connectivity index (χ3n) is 4.46. The first-order valence-electron chi connectivity index (χ1n) is 9.33. The van der Waals surface area contributed by atoms with Gasteiger partial charge in [-0.25, -0.2) is 0 Å². The topological polar surface area (TPSA) is 61.4 Å². The Labute approximate surface area is 174 Å². The SMILES string of the molecule is O=C(CCNC(=O)c1ccc(Cl)cc1)Nc1cccc(CN2CCSCC2)c1. The fourth-order valence-electron chi connectivity index (χ4n) is 2.98. The molecule has 7 heteroatoms. The zero-order chi connectivity index (χ0) is 19.8. The first-order valence-corrected chi connectivity index (χ1v) is 10.9. The van der Waals surface area contributed by atoms with E-state index in [9.17, 15) is 9.59 Å². The second kappa shape index (κ2) is 10.5. The van der Waals surface area contributed by atoms with Crippen molar-refractivity contribution in [2.24, 2.45) is 0 Å². The summed E-state index contributed by atoms with van der Waals surface area (Å²) in [5, 5.41) is 6.24. The van der Waals surface area contributed by atoms with Crippen molar-refractivity contribution in [1.82, 2.24) is 10.2 Å². The number of halogens is 1. The van der Waals surface area contributed by atoms with Gasteiger partial charge in [0.1, 0.15) is 0 Å². The molecular formula is C21H24ClN3O2S. The van der Waals surface area contributed by atoms with Crippen molar-refractivity contribution in [1.29, 1.82) is 0 Å². The van der Waals surface area contributed by atoms with Crippen molar-refractivity contribution in [2.75, 3.05) is 36.5 Å². The second-order valence-corrected chi connectivity index (χ2v) is 8.31. The van der Waals surface area contributed by atoms with Crippen molar-refractivity contribution in [2.45, 2.75) is 13.0 Å². The lowest BCUT2D eigenvalue weighted by Gasteiger charge is -2.26. The van der Waals surface area contributed by atoms with Gasteiger partial charge < -0.3 is 10.6 Å². The molecule has 0 aliphatic carbocycles. The van der Waals surface area contributed by atoms with Gasteiger partial charge in [-0.05, 0) is 42.0 Å².